The zero-order chi connectivity index (χ0) is 24.6. The summed E-state index contributed by atoms with van der Waals surface area (Å²) < 4.78 is 0. The van der Waals surface area contributed by atoms with Crippen LogP contribution in [-0.2, 0) is 9.59 Å². The molecule has 2 aliphatic rings. The molecule has 2 aromatic rings. The van der Waals surface area contributed by atoms with Crippen LogP contribution in [0.15, 0.2) is 24.3 Å². The van der Waals surface area contributed by atoms with E-state index in [0.29, 0.717) is 25.7 Å². The number of aliphatic carboxylic acids is 2. The maximum atomic E-state index is 13.1. The highest BCUT2D eigenvalue weighted by molar-refractivity contribution is 6.33. The third-order valence-corrected chi connectivity index (χ3v) is 6.11. The highest BCUT2D eigenvalue weighted by Crippen LogP contribution is 2.38. The SMILES string of the molecule is O=C(O)CCCCN1C(=O)c2ccc3c4c(ccc(c24)C1=O)C(=O)N(CCCCC(=O)O)C3=O. The number of imide groups is 2. The number of rotatable bonds is 10. The number of carbonyl (C=O) groups excluding carboxylic acids is 4. The first-order valence-corrected chi connectivity index (χ1v) is 11.0. The number of hydrogen-bond donors (Lipinski definition) is 2. The van der Waals surface area contributed by atoms with E-state index in [2.05, 4.69) is 0 Å². The van der Waals surface area contributed by atoms with Crippen molar-refractivity contribution in [2.75, 3.05) is 13.1 Å². The van der Waals surface area contributed by atoms with Gasteiger partial charge in [0.15, 0.2) is 0 Å². The van der Waals surface area contributed by atoms with Crippen LogP contribution in [0.5, 0.6) is 0 Å². The van der Waals surface area contributed by atoms with E-state index in [1.807, 2.05) is 0 Å². The average molecular weight is 466 g/mol. The minimum Gasteiger partial charge on any atom is -0.481 e. The van der Waals surface area contributed by atoms with Gasteiger partial charge in [0, 0.05) is 59.0 Å². The van der Waals surface area contributed by atoms with E-state index >= 15 is 0 Å². The van der Waals surface area contributed by atoms with E-state index in [0.717, 1.165) is 9.80 Å². The molecule has 2 N–H and O–H groups in total. The van der Waals surface area contributed by atoms with Crippen LogP contribution in [-0.4, -0.2) is 68.7 Å². The lowest BCUT2D eigenvalue weighted by Gasteiger charge is -2.32. The third-order valence-electron chi connectivity index (χ3n) is 6.11. The predicted octanol–water partition coefficient (Wildman–Crippen LogP) is 2.54. The van der Waals surface area contributed by atoms with E-state index in [1.54, 1.807) is 0 Å². The van der Waals surface area contributed by atoms with Gasteiger partial charge in [0.2, 0.25) is 0 Å². The lowest BCUT2D eigenvalue weighted by Crippen LogP contribution is -2.43. The topological polar surface area (TPSA) is 149 Å². The Bertz CT molecular complexity index is 1100. The molecule has 0 spiro atoms. The number of carboxylic acids is 2. The lowest BCUT2D eigenvalue weighted by atomic mass is 9.86. The molecule has 0 fully saturated rings. The molecule has 4 amide bonds. The number of nitrogens with zero attached hydrogens (tertiary/aromatic N) is 2. The van der Waals surface area contributed by atoms with E-state index < -0.39 is 35.6 Å². The monoisotopic (exact) mass is 466 g/mol. The third kappa shape index (κ3) is 3.91. The number of unbranched alkanes of at least 4 members (excludes halogenated alkanes) is 2. The van der Waals surface area contributed by atoms with Crippen LogP contribution in [0.25, 0.3) is 10.8 Å². The lowest BCUT2D eigenvalue weighted by molar-refractivity contribution is -0.138. The second kappa shape index (κ2) is 9.05. The Hall–Kier alpha value is -4.08. The summed E-state index contributed by atoms with van der Waals surface area (Å²) in [5.74, 6) is -4.10. The standard InChI is InChI=1S/C24H22N2O8/c27-17(28)5-1-3-11-25-21(31)13-7-9-15-20-16(10-8-14(19(13)20)22(25)32)24(34)26(23(15)33)12-4-2-6-18(29)30/h7-10H,1-6,11-12H2,(H,27,28)(H,29,30). The first kappa shape index (κ1) is 23.1. The zero-order valence-corrected chi connectivity index (χ0v) is 18.2. The van der Waals surface area contributed by atoms with Gasteiger partial charge in [-0.05, 0) is 49.9 Å². The van der Waals surface area contributed by atoms with Crippen molar-refractivity contribution < 1.29 is 39.0 Å². The minimum atomic E-state index is -0.953. The molecule has 0 radical (unpaired) electrons. The summed E-state index contributed by atoms with van der Waals surface area (Å²) >= 11 is 0. The number of hydrogen-bond acceptors (Lipinski definition) is 6. The molecule has 0 saturated carbocycles. The summed E-state index contributed by atoms with van der Waals surface area (Å²) in [7, 11) is 0. The molecule has 2 heterocycles. The zero-order valence-electron chi connectivity index (χ0n) is 18.2. The second-order valence-electron chi connectivity index (χ2n) is 8.30. The van der Waals surface area contributed by atoms with Crippen molar-refractivity contribution in [3.8, 4) is 0 Å². The molecule has 0 atom stereocenters. The Morgan fingerprint density at radius 2 is 0.853 bits per heavy atom. The molecule has 10 heteroatoms. The van der Waals surface area contributed by atoms with Gasteiger partial charge in [0.1, 0.15) is 0 Å². The molecule has 0 unspecified atom stereocenters. The van der Waals surface area contributed by atoms with Gasteiger partial charge in [-0.15, -0.1) is 0 Å². The Morgan fingerprint density at radius 1 is 0.559 bits per heavy atom. The molecule has 176 valence electrons. The Morgan fingerprint density at radius 3 is 1.12 bits per heavy atom. The van der Waals surface area contributed by atoms with Crippen LogP contribution >= 0.6 is 0 Å². The fourth-order valence-corrected chi connectivity index (χ4v) is 4.47. The van der Waals surface area contributed by atoms with Crippen molar-refractivity contribution >= 4 is 46.3 Å². The average Bonchev–Trinajstić information content (AvgIpc) is 2.79. The molecule has 0 aromatic heterocycles. The smallest absolute Gasteiger partial charge is 0.303 e. The molecular weight excluding hydrogens is 444 g/mol. The Labute approximate surface area is 193 Å². The fraction of sp³-hybridized carbons (Fsp3) is 0.333. The van der Waals surface area contributed by atoms with Crippen LogP contribution in [0, 0.1) is 0 Å². The fourth-order valence-electron chi connectivity index (χ4n) is 4.47. The van der Waals surface area contributed by atoms with Crippen LogP contribution in [0.2, 0.25) is 0 Å². The minimum absolute atomic E-state index is 0.0634. The number of carbonyl (C=O) groups is 6. The predicted molar refractivity (Wildman–Crippen MR) is 118 cm³/mol. The summed E-state index contributed by atoms with van der Waals surface area (Å²) in [5, 5.41) is 18.1. The van der Waals surface area contributed by atoms with Crippen LogP contribution in [0.3, 0.4) is 0 Å². The summed E-state index contributed by atoms with van der Waals surface area (Å²) in [6.45, 7) is 0.134. The molecule has 34 heavy (non-hydrogen) atoms. The number of amides is 4. The first-order chi connectivity index (χ1) is 16.2. The van der Waals surface area contributed by atoms with Crippen molar-refractivity contribution in [2.45, 2.75) is 38.5 Å². The van der Waals surface area contributed by atoms with Crippen molar-refractivity contribution in [1.82, 2.24) is 9.80 Å². The van der Waals surface area contributed by atoms with Crippen LogP contribution in [0.1, 0.15) is 80.0 Å². The van der Waals surface area contributed by atoms with Gasteiger partial charge in [-0.1, -0.05) is 0 Å². The summed E-state index contributed by atoms with van der Waals surface area (Å²) in [5.41, 5.74) is 0.848. The van der Waals surface area contributed by atoms with Crippen LogP contribution in [0.4, 0.5) is 0 Å². The van der Waals surface area contributed by atoms with Crippen LogP contribution < -0.4 is 0 Å². The van der Waals surface area contributed by atoms with Gasteiger partial charge in [0.05, 0.1) is 0 Å². The van der Waals surface area contributed by atoms with Crippen molar-refractivity contribution in [3.63, 3.8) is 0 Å². The van der Waals surface area contributed by atoms with E-state index in [9.17, 15) is 28.8 Å². The molecule has 0 bridgehead atoms. The largest absolute Gasteiger partial charge is 0.481 e. The maximum absolute atomic E-state index is 13.1. The van der Waals surface area contributed by atoms with Gasteiger partial charge < -0.3 is 10.2 Å². The van der Waals surface area contributed by atoms with Crippen molar-refractivity contribution in [1.29, 1.82) is 0 Å². The highest BCUT2D eigenvalue weighted by atomic mass is 16.4. The molecule has 4 rings (SSSR count). The second-order valence-corrected chi connectivity index (χ2v) is 8.30. The Kier molecular flexibility index (Phi) is 6.14. The molecule has 0 saturated heterocycles. The first-order valence-electron chi connectivity index (χ1n) is 11.0. The van der Waals surface area contributed by atoms with E-state index in [1.165, 1.54) is 24.3 Å². The quantitative estimate of drug-likeness (QED) is 0.401. The Balaban J connectivity index is 1.65. The van der Waals surface area contributed by atoms with Gasteiger partial charge in [-0.2, -0.15) is 0 Å². The summed E-state index contributed by atoms with van der Waals surface area (Å²) in [4.78, 5) is 75.9. The van der Waals surface area contributed by atoms with Gasteiger partial charge >= 0.3 is 11.9 Å². The summed E-state index contributed by atoms with van der Waals surface area (Å²) in [6, 6.07) is 5.89. The normalized spacial score (nSPS) is 14.8. The number of benzene rings is 2. The maximum Gasteiger partial charge on any atom is 0.303 e. The highest BCUT2D eigenvalue weighted by Gasteiger charge is 2.39. The van der Waals surface area contributed by atoms with Crippen molar-refractivity contribution in [3.05, 3.63) is 46.5 Å². The van der Waals surface area contributed by atoms with Gasteiger partial charge in [0.25, 0.3) is 23.6 Å². The summed E-state index contributed by atoms with van der Waals surface area (Å²) in [6.07, 6.45) is 1.19. The van der Waals surface area contributed by atoms with E-state index in [-0.39, 0.29) is 59.0 Å². The van der Waals surface area contributed by atoms with Gasteiger partial charge in [-0.25, -0.2) is 0 Å². The van der Waals surface area contributed by atoms with Gasteiger partial charge in [-0.3, -0.25) is 38.6 Å². The number of carboxylic acid groups (broad SMARTS) is 2. The molecule has 2 aliphatic heterocycles. The molecule has 2 aromatic carbocycles. The van der Waals surface area contributed by atoms with E-state index in [4.69, 9.17) is 10.2 Å². The molecule has 10 nitrogen and oxygen atoms in total. The molecular formula is C24H22N2O8. The van der Waals surface area contributed by atoms with Crippen molar-refractivity contribution in [2.24, 2.45) is 0 Å². The molecule has 0 aliphatic carbocycles.